The lowest BCUT2D eigenvalue weighted by atomic mass is 10.00. The quantitative estimate of drug-likeness (QED) is 0.745. The largest absolute Gasteiger partial charge is 0.480 e. The molecule has 1 heterocycles. The number of aryl methyl sites for hydroxylation is 2. The van der Waals surface area contributed by atoms with E-state index in [-0.39, 0.29) is 12.4 Å². The number of carboxylic acid groups (broad SMARTS) is 1. The Morgan fingerprint density at radius 3 is 2.37 bits per heavy atom. The molecule has 19 heavy (non-hydrogen) atoms. The van der Waals surface area contributed by atoms with Gasteiger partial charge in [0, 0.05) is 0 Å². The first kappa shape index (κ1) is 14.8. The summed E-state index contributed by atoms with van der Waals surface area (Å²) in [6.45, 7) is 6.58. The lowest BCUT2D eigenvalue weighted by Gasteiger charge is -2.24. The predicted molar refractivity (Wildman–Crippen MR) is 67.8 cm³/mol. The maximum absolute atomic E-state index is 11.7. The average molecular weight is 267 g/mol. The molecule has 8 heteroatoms. The summed E-state index contributed by atoms with van der Waals surface area (Å²) in [6.07, 6.45) is 0.252. The molecule has 1 aromatic rings. The van der Waals surface area contributed by atoms with Crippen molar-refractivity contribution < 1.29 is 14.7 Å². The Morgan fingerprint density at radius 1 is 1.26 bits per heavy atom. The Balaban J connectivity index is 2.75. The van der Waals surface area contributed by atoms with E-state index in [4.69, 9.17) is 5.11 Å². The van der Waals surface area contributed by atoms with Gasteiger partial charge in [0.1, 0.15) is 5.54 Å². The number of aliphatic carboxylic acids is 1. The highest BCUT2D eigenvalue weighted by molar-refractivity contribution is 5.92. The molecule has 8 nitrogen and oxygen atoms in total. The minimum Gasteiger partial charge on any atom is -0.480 e. The third kappa shape index (κ3) is 3.60. The van der Waals surface area contributed by atoms with Crippen molar-refractivity contribution in [2.24, 2.45) is 0 Å². The topological polar surface area (TPSA) is 117 Å². The van der Waals surface area contributed by atoms with Gasteiger partial charge in [0.25, 0.3) is 5.95 Å². The van der Waals surface area contributed by atoms with E-state index >= 15 is 0 Å². The Labute approximate surface area is 110 Å². The van der Waals surface area contributed by atoms with Crippen molar-refractivity contribution in [3.05, 3.63) is 11.4 Å². The van der Waals surface area contributed by atoms with Gasteiger partial charge in [-0.3, -0.25) is 5.32 Å². The highest BCUT2D eigenvalue weighted by Crippen LogP contribution is 2.09. The lowest BCUT2D eigenvalue weighted by Crippen LogP contribution is -2.53. The fourth-order valence-corrected chi connectivity index (χ4v) is 1.19. The van der Waals surface area contributed by atoms with E-state index in [2.05, 4.69) is 25.8 Å². The molecule has 3 N–H and O–H groups in total. The zero-order chi connectivity index (χ0) is 14.6. The van der Waals surface area contributed by atoms with Crippen molar-refractivity contribution >= 4 is 17.9 Å². The van der Waals surface area contributed by atoms with Gasteiger partial charge in [0.05, 0.1) is 11.4 Å². The third-order valence-corrected chi connectivity index (χ3v) is 2.89. The zero-order valence-electron chi connectivity index (χ0n) is 11.3. The number of aromatic nitrogens is 3. The number of nitrogens with zero attached hydrogens (tertiary/aromatic N) is 3. The molecule has 0 aromatic carbocycles. The smallest absolute Gasteiger partial charge is 0.329 e. The number of carbonyl (C=O) groups excluding carboxylic acids is 1. The number of hydrogen-bond acceptors (Lipinski definition) is 5. The molecule has 0 aliphatic carbocycles. The molecule has 104 valence electrons. The number of amides is 2. The number of hydrogen-bond donors (Lipinski definition) is 3. The van der Waals surface area contributed by atoms with Gasteiger partial charge in [-0.15, -0.1) is 5.10 Å². The molecular formula is C11H17N5O3. The van der Waals surface area contributed by atoms with E-state index in [1.165, 1.54) is 6.92 Å². The maximum Gasteiger partial charge on any atom is 0.329 e. The molecule has 0 spiro atoms. The number of rotatable bonds is 4. The molecule has 0 fully saturated rings. The summed E-state index contributed by atoms with van der Waals surface area (Å²) in [5, 5.41) is 21.3. The number of anilines is 1. The van der Waals surface area contributed by atoms with Gasteiger partial charge < -0.3 is 10.4 Å². The van der Waals surface area contributed by atoms with Gasteiger partial charge in [-0.25, -0.2) is 14.6 Å². The second kappa shape index (κ2) is 5.59. The molecule has 2 amide bonds. The van der Waals surface area contributed by atoms with Gasteiger partial charge in [-0.2, -0.15) is 5.10 Å². The molecule has 1 rings (SSSR count). The van der Waals surface area contributed by atoms with Crippen LogP contribution in [0.15, 0.2) is 0 Å². The van der Waals surface area contributed by atoms with Crippen molar-refractivity contribution in [1.82, 2.24) is 20.5 Å². The van der Waals surface area contributed by atoms with Gasteiger partial charge in [0.15, 0.2) is 0 Å². The van der Waals surface area contributed by atoms with Gasteiger partial charge in [0.2, 0.25) is 0 Å². The SMILES string of the molecule is CCC(C)(NC(=O)Nc1nnc(C)c(C)n1)C(=O)O. The molecule has 0 saturated carbocycles. The first-order valence-electron chi connectivity index (χ1n) is 5.79. The van der Waals surface area contributed by atoms with Crippen molar-refractivity contribution in [3.8, 4) is 0 Å². The second-order valence-corrected chi connectivity index (χ2v) is 4.38. The highest BCUT2D eigenvalue weighted by atomic mass is 16.4. The van der Waals surface area contributed by atoms with Crippen LogP contribution in [0.1, 0.15) is 31.7 Å². The summed E-state index contributed by atoms with van der Waals surface area (Å²) in [4.78, 5) is 26.8. The molecule has 0 saturated heterocycles. The Bertz CT molecular complexity index is 505. The van der Waals surface area contributed by atoms with Crippen LogP contribution < -0.4 is 10.6 Å². The molecule has 0 aliphatic heterocycles. The molecule has 0 bridgehead atoms. The summed E-state index contributed by atoms with van der Waals surface area (Å²) in [6, 6.07) is -0.684. The summed E-state index contributed by atoms with van der Waals surface area (Å²) in [5.74, 6) is -1.08. The molecule has 1 unspecified atom stereocenters. The molecular weight excluding hydrogens is 250 g/mol. The van der Waals surface area contributed by atoms with Crippen LogP contribution in [0.3, 0.4) is 0 Å². The predicted octanol–water partition coefficient (Wildman–Crippen LogP) is 0.863. The Hall–Kier alpha value is -2.25. The first-order chi connectivity index (χ1) is 8.78. The van der Waals surface area contributed by atoms with Crippen LogP contribution >= 0.6 is 0 Å². The van der Waals surface area contributed by atoms with Crippen molar-refractivity contribution in [1.29, 1.82) is 0 Å². The van der Waals surface area contributed by atoms with Gasteiger partial charge in [-0.05, 0) is 27.2 Å². The molecule has 0 radical (unpaired) electrons. The van der Waals surface area contributed by atoms with Crippen LogP contribution in [0, 0.1) is 13.8 Å². The number of carbonyl (C=O) groups is 2. The second-order valence-electron chi connectivity index (χ2n) is 4.38. The maximum atomic E-state index is 11.7. The standard InChI is InChI=1S/C11H17N5O3/c1-5-11(4,8(17)18)14-10(19)13-9-12-6(2)7(3)15-16-9/h5H2,1-4H3,(H,17,18)(H2,12,13,14,16,19). The number of nitrogens with one attached hydrogen (secondary N) is 2. The fourth-order valence-electron chi connectivity index (χ4n) is 1.19. The molecule has 0 aliphatic rings. The van der Waals surface area contributed by atoms with E-state index in [1.807, 2.05) is 0 Å². The fraction of sp³-hybridized carbons (Fsp3) is 0.545. The summed E-state index contributed by atoms with van der Waals surface area (Å²) in [7, 11) is 0. The monoisotopic (exact) mass is 267 g/mol. The van der Waals surface area contributed by atoms with E-state index in [0.29, 0.717) is 11.4 Å². The van der Waals surface area contributed by atoms with Crippen molar-refractivity contribution in [2.75, 3.05) is 5.32 Å². The van der Waals surface area contributed by atoms with Crippen LogP contribution in [0.5, 0.6) is 0 Å². The Morgan fingerprint density at radius 2 is 1.89 bits per heavy atom. The highest BCUT2D eigenvalue weighted by Gasteiger charge is 2.32. The average Bonchev–Trinajstić information content (AvgIpc) is 2.33. The van der Waals surface area contributed by atoms with Crippen LogP contribution in [-0.2, 0) is 4.79 Å². The van der Waals surface area contributed by atoms with Crippen molar-refractivity contribution in [3.63, 3.8) is 0 Å². The third-order valence-electron chi connectivity index (χ3n) is 2.89. The minimum absolute atomic E-state index is 0.0319. The molecule has 1 aromatic heterocycles. The van der Waals surface area contributed by atoms with Crippen LogP contribution in [0.25, 0.3) is 0 Å². The summed E-state index contributed by atoms with van der Waals surface area (Å²) in [5.41, 5.74) is -0.0336. The van der Waals surface area contributed by atoms with E-state index in [1.54, 1.807) is 20.8 Å². The normalized spacial score (nSPS) is 13.5. The van der Waals surface area contributed by atoms with Crippen molar-refractivity contribution in [2.45, 2.75) is 39.7 Å². The van der Waals surface area contributed by atoms with Gasteiger partial charge in [-0.1, -0.05) is 6.92 Å². The summed E-state index contributed by atoms with van der Waals surface area (Å²) >= 11 is 0. The van der Waals surface area contributed by atoms with Crippen LogP contribution in [0.4, 0.5) is 10.7 Å². The summed E-state index contributed by atoms with van der Waals surface area (Å²) < 4.78 is 0. The van der Waals surface area contributed by atoms with E-state index in [0.717, 1.165) is 0 Å². The lowest BCUT2D eigenvalue weighted by molar-refractivity contribution is -0.143. The van der Waals surface area contributed by atoms with Gasteiger partial charge >= 0.3 is 12.0 Å². The Kier molecular flexibility index (Phi) is 4.36. The van der Waals surface area contributed by atoms with Crippen LogP contribution in [-0.4, -0.2) is 37.8 Å². The molecule has 1 atom stereocenters. The first-order valence-corrected chi connectivity index (χ1v) is 5.79. The number of urea groups is 1. The van der Waals surface area contributed by atoms with E-state index in [9.17, 15) is 9.59 Å². The van der Waals surface area contributed by atoms with E-state index < -0.39 is 17.5 Å². The minimum atomic E-state index is -1.34. The zero-order valence-corrected chi connectivity index (χ0v) is 11.3. The number of carboxylic acids is 1. The van der Waals surface area contributed by atoms with Crippen LogP contribution in [0.2, 0.25) is 0 Å².